The number of amides is 1. The second-order valence-corrected chi connectivity index (χ2v) is 9.30. The Morgan fingerprint density at radius 3 is 2.69 bits per heavy atom. The van der Waals surface area contributed by atoms with Crippen LogP contribution in [0.5, 0.6) is 0 Å². The van der Waals surface area contributed by atoms with E-state index in [0.717, 1.165) is 11.5 Å². The molecule has 0 atom stereocenters. The number of sulfone groups is 1. The summed E-state index contributed by atoms with van der Waals surface area (Å²) in [4.78, 5) is 26.2. The van der Waals surface area contributed by atoms with E-state index in [1.54, 1.807) is 6.92 Å². The normalized spacial score (nSPS) is 12.0. The number of H-pyrrole nitrogens is 1. The quantitative estimate of drug-likeness (QED) is 0.235. The molecule has 32 heavy (non-hydrogen) atoms. The molecule has 14 heteroatoms. The maximum atomic E-state index is 12.8. The second-order valence-electron chi connectivity index (χ2n) is 6.44. The number of carbonyl (C=O) groups excluding carboxylic acids is 1. The van der Waals surface area contributed by atoms with Crippen molar-refractivity contribution in [2.45, 2.75) is 24.8 Å². The van der Waals surface area contributed by atoms with Crippen molar-refractivity contribution < 1.29 is 22.8 Å². The van der Waals surface area contributed by atoms with Crippen LogP contribution in [0.2, 0.25) is 0 Å². The molecule has 0 bridgehead atoms. The van der Waals surface area contributed by atoms with Crippen LogP contribution in [0, 0.1) is 6.92 Å². The van der Waals surface area contributed by atoms with Gasteiger partial charge >= 0.3 is 0 Å². The maximum absolute atomic E-state index is 12.8. The zero-order valence-electron chi connectivity index (χ0n) is 17.3. The summed E-state index contributed by atoms with van der Waals surface area (Å²) in [6.45, 7) is 2.01. The van der Waals surface area contributed by atoms with E-state index >= 15 is 0 Å². The van der Waals surface area contributed by atoms with Gasteiger partial charge in [-0.15, -0.1) is 0 Å². The summed E-state index contributed by atoms with van der Waals surface area (Å²) in [5.41, 5.74) is 0.290. The minimum absolute atomic E-state index is 0.0410. The van der Waals surface area contributed by atoms with E-state index < -0.39 is 15.7 Å². The van der Waals surface area contributed by atoms with Gasteiger partial charge in [0.25, 0.3) is 5.91 Å². The van der Waals surface area contributed by atoms with Crippen molar-refractivity contribution in [1.29, 1.82) is 0 Å². The number of methoxy groups -OCH3 is 1. The first-order valence-corrected chi connectivity index (χ1v) is 11.8. The number of rotatable bonds is 11. The maximum Gasteiger partial charge on any atom is 0.280 e. The van der Waals surface area contributed by atoms with Gasteiger partial charge in [0.05, 0.1) is 10.6 Å². The van der Waals surface area contributed by atoms with Crippen molar-refractivity contribution in [3.05, 3.63) is 47.8 Å². The molecule has 0 unspecified atom stereocenters. The predicted octanol–water partition coefficient (Wildman–Crippen LogP) is 1.33. The van der Waals surface area contributed by atoms with Crippen molar-refractivity contribution in [1.82, 2.24) is 24.5 Å². The lowest BCUT2D eigenvalue weighted by atomic mass is 10.1. The Hall–Kier alpha value is -3.23. The molecule has 2 aromatic heterocycles. The minimum atomic E-state index is -3.48. The zero-order valence-corrected chi connectivity index (χ0v) is 18.9. The number of hydrogen-bond donors (Lipinski definition) is 2. The number of benzene rings is 1. The van der Waals surface area contributed by atoms with Crippen molar-refractivity contribution in [2.24, 2.45) is 5.16 Å². The van der Waals surface area contributed by atoms with Gasteiger partial charge in [0.1, 0.15) is 12.2 Å². The van der Waals surface area contributed by atoms with Crippen molar-refractivity contribution >= 4 is 38.1 Å². The van der Waals surface area contributed by atoms with Gasteiger partial charge in [0, 0.05) is 30.8 Å². The van der Waals surface area contributed by atoms with E-state index in [4.69, 9.17) is 9.57 Å². The smallest absolute Gasteiger partial charge is 0.280 e. The zero-order chi connectivity index (χ0) is 23.0. The van der Waals surface area contributed by atoms with Gasteiger partial charge in [-0.25, -0.2) is 18.4 Å². The molecule has 0 saturated heterocycles. The Morgan fingerprint density at radius 1 is 1.28 bits per heavy atom. The molecular formula is C18H21N7O5S2. The predicted molar refractivity (Wildman–Crippen MR) is 116 cm³/mol. The Morgan fingerprint density at radius 2 is 2.06 bits per heavy atom. The lowest BCUT2D eigenvalue weighted by Crippen LogP contribution is -2.24. The van der Waals surface area contributed by atoms with E-state index in [9.17, 15) is 13.2 Å². The monoisotopic (exact) mass is 479 g/mol. The first-order valence-electron chi connectivity index (χ1n) is 9.37. The average Bonchev–Trinajstić information content (AvgIpc) is 3.43. The average molecular weight is 480 g/mol. The summed E-state index contributed by atoms with van der Waals surface area (Å²) >= 11 is 1.03. The van der Waals surface area contributed by atoms with Crippen LogP contribution in [0.15, 0.2) is 40.6 Å². The number of carbonyl (C=O) groups is 1. The van der Waals surface area contributed by atoms with Crippen molar-refractivity contribution in [2.75, 3.05) is 24.8 Å². The number of aromatic amines is 1. The van der Waals surface area contributed by atoms with Crippen LogP contribution in [-0.2, 0) is 30.8 Å². The second kappa shape index (κ2) is 10.9. The topological polar surface area (TPSA) is 161 Å². The summed E-state index contributed by atoms with van der Waals surface area (Å²) in [5.74, 6) is 0.312. The summed E-state index contributed by atoms with van der Waals surface area (Å²) in [6.07, 6.45) is 1.70. The largest absolute Gasteiger partial charge is 0.387 e. The molecule has 0 fully saturated rings. The van der Waals surface area contributed by atoms with Crippen LogP contribution < -0.4 is 5.32 Å². The number of oxime groups is 1. The van der Waals surface area contributed by atoms with Crippen molar-refractivity contribution in [3.63, 3.8) is 0 Å². The molecule has 0 aliphatic rings. The molecular weight excluding hydrogens is 458 g/mol. The van der Waals surface area contributed by atoms with Crippen molar-refractivity contribution in [3.8, 4) is 0 Å². The Bertz CT molecular complexity index is 1160. The van der Waals surface area contributed by atoms with Gasteiger partial charge in [-0.3, -0.25) is 15.2 Å². The third-order valence-electron chi connectivity index (χ3n) is 4.03. The fourth-order valence-electron chi connectivity index (χ4n) is 2.52. The highest BCUT2D eigenvalue weighted by atomic mass is 32.2. The number of nitrogens with zero attached hydrogens (tertiary/aromatic N) is 5. The first kappa shape index (κ1) is 23.4. The van der Waals surface area contributed by atoms with Gasteiger partial charge in [0.15, 0.2) is 28.0 Å². The standard InChI is InChI=1S/C18H21N7O5S2/c1-12-21-18(31-25-12)22-17(26)16(24-30-10-15-19-11-20-23-15)13-4-6-14(7-5-13)32(27,28)9-3-8-29-2/h4-7,11H,3,8-10H2,1-2H3,(H,19,20,23)(H,21,22,25,26). The van der Waals surface area contributed by atoms with Crippen LogP contribution >= 0.6 is 11.5 Å². The molecule has 1 aromatic carbocycles. The summed E-state index contributed by atoms with van der Waals surface area (Å²) < 4.78 is 33.8. The third kappa shape index (κ3) is 6.38. The first-order chi connectivity index (χ1) is 15.4. The highest BCUT2D eigenvalue weighted by Gasteiger charge is 2.20. The van der Waals surface area contributed by atoms with E-state index in [1.165, 1.54) is 37.7 Å². The Balaban J connectivity index is 1.80. The number of nitrogens with one attached hydrogen (secondary N) is 2. The van der Waals surface area contributed by atoms with Gasteiger partial charge in [-0.1, -0.05) is 17.3 Å². The Kier molecular flexibility index (Phi) is 7.97. The van der Waals surface area contributed by atoms with E-state index in [1.807, 2.05) is 0 Å². The van der Waals surface area contributed by atoms with Crippen LogP contribution in [0.4, 0.5) is 5.13 Å². The highest BCUT2D eigenvalue weighted by Crippen LogP contribution is 2.16. The third-order valence-corrected chi connectivity index (χ3v) is 6.57. The minimum Gasteiger partial charge on any atom is -0.387 e. The fraction of sp³-hybridized carbons (Fsp3) is 0.333. The van der Waals surface area contributed by atoms with Gasteiger partial charge < -0.3 is 9.57 Å². The molecule has 3 rings (SSSR count). The lowest BCUT2D eigenvalue weighted by Gasteiger charge is -2.08. The molecule has 170 valence electrons. The molecule has 2 N–H and O–H groups in total. The fourth-order valence-corrected chi connectivity index (χ4v) is 4.37. The van der Waals surface area contributed by atoms with E-state index in [-0.39, 0.29) is 23.0 Å². The van der Waals surface area contributed by atoms with Crippen LogP contribution in [0.3, 0.4) is 0 Å². The molecule has 0 aliphatic carbocycles. The van der Waals surface area contributed by atoms with Crippen LogP contribution in [-0.4, -0.2) is 64.0 Å². The van der Waals surface area contributed by atoms with Crippen LogP contribution in [0.25, 0.3) is 0 Å². The number of aromatic nitrogens is 5. The van der Waals surface area contributed by atoms with Gasteiger partial charge in [-0.05, 0) is 25.5 Å². The van der Waals surface area contributed by atoms with Gasteiger partial charge in [0.2, 0.25) is 5.13 Å². The highest BCUT2D eigenvalue weighted by molar-refractivity contribution is 7.91. The number of anilines is 1. The molecule has 0 saturated carbocycles. The number of hydrogen-bond acceptors (Lipinski definition) is 11. The molecule has 0 aliphatic heterocycles. The molecule has 12 nitrogen and oxygen atoms in total. The molecule has 3 aromatic rings. The van der Waals surface area contributed by atoms with Crippen LogP contribution in [0.1, 0.15) is 23.6 Å². The SMILES string of the molecule is COCCCS(=O)(=O)c1ccc(C(=NOCc2ncn[nH]2)C(=O)Nc2nc(C)ns2)cc1. The molecule has 0 spiro atoms. The van der Waals surface area contributed by atoms with E-state index in [2.05, 4.69) is 35.0 Å². The molecule has 1 amide bonds. The summed E-state index contributed by atoms with van der Waals surface area (Å²) in [7, 11) is -1.96. The number of aryl methyl sites for hydroxylation is 1. The molecule has 2 heterocycles. The summed E-state index contributed by atoms with van der Waals surface area (Å²) in [6, 6.07) is 5.83. The Labute approximate surface area is 188 Å². The summed E-state index contributed by atoms with van der Waals surface area (Å²) in [5, 5.41) is 13.2. The van der Waals surface area contributed by atoms with E-state index in [0.29, 0.717) is 35.4 Å². The van der Waals surface area contributed by atoms with Gasteiger partial charge in [-0.2, -0.15) is 9.47 Å². The molecule has 0 radical (unpaired) electrons. The number of ether oxygens (including phenoxy) is 1. The lowest BCUT2D eigenvalue weighted by molar-refractivity contribution is -0.110.